The van der Waals surface area contributed by atoms with Gasteiger partial charge in [-0.25, -0.2) is 9.97 Å². The molecule has 104 valence electrons. The molecule has 3 aromatic rings. The van der Waals surface area contributed by atoms with Crippen LogP contribution in [0.1, 0.15) is 16.3 Å². The number of aromatic nitrogens is 4. The molecule has 0 aromatic carbocycles. The van der Waals surface area contributed by atoms with Gasteiger partial charge in [0.2, 0.25) is 0 Å². The average molecular weight is 279 g/mol. The Labute approximate surface area is 121 Å². The fraction of sp³-hybridized carbons (Fsp3) is 0.0667. The Morgan fingerprint density at radius 1 is 1.10 bits per heavy atom. The number of nitrogens with zero attached hydrogens (tertiary/aromatic N) is 4. The molecule has 0 spiro atoms. The minimum Gasteiger partial charge on any atom is -0.319 e. The zero-order chi connectivity index (χ0) is 14.7. The van der Waals surface area contributed by atoms with Crippen molar-refractivity contribution in [2.75, 3.05) is 5.32 Å². The first-order valence-corrected chi connectivity index (χ1v) is 6.43. The molecule has 1 N–H and O–H groups in total. The van der Waals surface area contributed by atoms with E-state index >= 15 is 0 Å². The van der Waals surface area contributed by atoms with Crippen molar-refractivity contribution in [2.45, 2.75) is 6.92 Å². The minimum absolute atomic E-state index is 0.260. The molecular formula is C15H13N5O. The van der Waals surface area contributed by atoms with E-state index in [1.54, 1.807) is 42.9 Å². The number of carbonyl (C=O) groups excluding carboxylic acids is 1. The maximum atomic E-state index is 12.0. The van der Waals surface area contributed by atoms with Crippen LogP contribution in [0.15, 0.2) is 55.1 Å². The predicted molar refractivity (Wildman–Crippen MR) is 78.3 cm³/mol. The molecule has 0 unspecified atom stereocenters. The zero-order valence-electron chi connectivity index (χ0n) is 11.4. The topological polar surface area (TPSA) is 72.7 Å². The van der Waals surface area contributed by atoms with Gasteiger partial charge < -0.3 is 5.32 Å². The lowest BCUT2D eigenvalue weighted by Crippen LogP contribution is -2.13. The maximum absolute atomic E-state index is 12.0. The van der Waals surface area contributed by atoms with Crippen LogP contribution in [0.2, 0.25) is 0 Å². The van der Waals surface area contributed by atoms with Gasteiger partial charge in [0.15, 0.2) is 0 Å². The Morgan fingerprint density at radius 2 is 2.00 bits per heavy atom. The molecule has 3 heterocycles. The van der Waals surface area contributed by atoms with Crippen LogP contribution in [0.5, 0.6) is 0 Å². The number of imidazole rings is 1. The highest BCUT2D eigenvalue weighted by Gasteiger charge is 2.07. The number of rotatable bonds is 3. The molecule has 0 aliphatic heterocycles. The van der Waals surface area contributed by atoms with Crippen molar-refractivity contribution in [1.82, 2.24) is 19.5 Å². The highest BCUT2D eigenvalue weighted by Crippen LogP contribution is 2.12. The van der Waals surface area contributed by atoms with Crippen LogP contribution in [0.25, 0.3) is 5.82 Å². The van der Waals surface area contributed by atoms with E-state index in [1.165, 1.54) is 0 Å². The normalized spacial score (nSPS) is 10.3. The number of anilines is 1. The molecule has 21 heavy (non-hydrogen) atoms. The van der Waals surface area contributed by atoms with Gasteiger partial charge in [-0.2, -0.15) is 0 Å². The number of nitrogens with one attached hydrogen (secondary N) is 1. The van der Waals surface area contributed by atoms with Crippen LogP contribution in [0.3, 0.4) is 0 Å². The van der Waals surface area contributed by atoms with Gasteiger partial charge in [-0.05, 0) is 31.2 Å². The van der Waals surface area contributed by atoms with Crippen LogP contribution in [0.4, 0.5) is 5.69 Å². The highest BCUT2D eigenvalue weighted by atomic mass is 16.1. The molecular weight excluding hydrogens is 266 g/mol. The molecule has 0 aliphatic carbocycles. The van der Waals surface area contributed by atoms with Crippen LogP contribution >= 0.6 is 0 Å². The molecule has 0 saturated carbocycles. The summed E-state index contributed by atoms with van der Waals surface area (Å²) >= 11 is 0. The van der Waals surface area contributed by atoms with Crippen molar-refractivity contribution < 1.29 is 4.79 Å². The molecule has 6 nitrogen and oxygen atoms in total. The SMILES string of the molecule is Cc1nccn1-c1ccc(NC(=O)c2ccccn2)cn1. The first-order chi connectivity index (χ1) is 10.2. The highest BCUT2D eigenvalue weighted by molar-refractivity contribution is 6.02. The van der Waals surface area contributed by atoms with E-state index in [9.17, 15) is 4.79 Å². The Bertz CT molecular complexity index is 749. The summed E-state index contributed by atoms with van der Waals surface area (Å²) in [5, 5.41) is 2.76. The number of hydrogen-bond donors (Lipinski definition) is 1. The average Bonchev–Trinajstić information content (AvgIpc) is 2.95. The summed E-state index contributed by atoms with van der Waals surface area (Å²) in [4.78, 5) is 24.4. The van der Waals surface area contributed by atoms with Crippen molar-refractivity contribution >= 4 is 11.6 Å². The summed E-state index contributed by atoms with van der Waals surface area (Å²) in [6.07, 6.45) is 6.74. The summed E-state index contributed by atoms with van der Waals surface area (Å²) in [7, 11) is 0. The third-order valence-corrected chi connectivity index (χ3v) is 2.98. The van der Waals surface area contributed by atoms with E-state index < -0.39 is 0 Å². The number of hydrogen-bond acceptors (Lipinski definition) is 4. The monoisotopic (exact) mass is 279 g/mol. The van der Waals surface area contributed by atoms with Crippen LogP contribution in [-0.4, -0.2) is 25.4 Å². The molecule has 1 amide bonds. The van der Waals surface area contributed by atoms with Crippen molar-refractivity contribution in [2.24, 2.45) is 0 Å². The fourth-order valence-electron chi connectivity index (χ4n) is 1.91. The molecule has 0 atom stereocenters. The van der Waals surface area contributed by atoms with Crippen LogP contribution in [-0.2, 0) is 0 Å². The van der Waals surface area contributed by atoms with E-state index in [2.05, 4.69) is 20.3 Å². The second-order valence-electron chi connectivity index (χ2n) is 4.42. The van der Waals surface area contributed by atoms with Gasteiger partial charge in [0.1, 0.15) is 17.3 Å². The Hall–Kier alpha value is -3.02. The van der Waals surface area contributed by atoms with E-state index in [-0.39, 0.29) is 5.91 Å². The number of carbonyl (C=O) groups is 1. The van der Waals surface area contributed by atoms with Gasteiger partial charge in [-0.1, -0.05) is 6.07 Å². The second-order valence-corrected chi connectivity index (χ2v) is 4.42. The smallest absolute Gasteiger partial charge is 0.274 e. The Balaban J connectivity index is 1.76. The molecule has 3 aromatic heterocycles. The summed E-state index contributed by atoms with van der Waals surface area (Å²) < 4.78 is 1.87. The standard InChI is InChI=1S/C15H13N5O/c1-11-16-8-9-20(11)14-6-5-12(10-18-14)19-15(21)13-4-2-3-7-17-13/h2-10H,1H3,(H,19,21). The lowest BCUT2D eigenvalue weighted by atomic mass is 10.3. The Kier molecular flexibility index (Phi) is 3.42. The first kappa shape index (κ1) is 13.0. The summed E-state index contributed by atoms with van der Waals surface area (Å²) in [5.74, 6) is 1.34. The van der Waals surface area contributed by atoms with E-state index in [0.29, 0.717) is 11.4 Å². The molecule has 0 radical (unpaired) electrons. The van der Waals surface area contributed by atoms with Gasteiger partial charge in [0.25, 0.3) is 5.91 Å². The lowest BCUT2D eigenvalue weighted by molar-refractivity contribution is 0.102. The summed E-state index contributed by atoms with van der Waals surface area (Å²) in [6.45, 7) is 1.90. The van der Waals surface area contributed by atoms with Gasteiger partial charge in [0.05, 0.1) is 11.9 Å². The quantitative estimate of drug-likeness (QED) is 0.798. The lowest BCUT2D eigenvalue weighted by Gasteiger charge is -2.07. The largest absolute Gasteiger partial charge is 0.319 e. The molecule has 0 fully saturated rings. The van der Waals surface area contributed by atoms with Gasteiger partial charge >= 0.3 is 0 Å². The van der Waals surface area contributed by atoms with E-state index in [0.717, 1.165) is 11.6 Å². The van der Waals surface area contributed by atoms with Crippen molar-refractivity contribution in [3.05, 3.63) is 66.6 Å². The minimum atomic E-state index is -0.260. The van der Waals surface area contributed by atoms with Crippen molar-refractivity contribution in [1.29, 1.82) is 0 Å². The zero-order valence-corrected chi connectivity index (χ0v) is 11.4. The molecule has 0 aliphatic rings. The fourth-order valence-corrected chi connectivity index (χ4v) is 1.91. The van der Waals surface area contributed by atoms with Gasteiger partial charge in [-0.15, -0.1) is 0 Å². The van der Waals surface area contributed by atoms with Crippen molar-refractivity contribution in [3.63, 3.8) is 0 Å². The number of aryl methyl sites for hydroxylation is 1. The third-order valence-electron chi connectivity index (χ3n) is 2.98. The summed E-state index contributed by atoms with van der Waals surface area (Å²) in [6, 6.07) is 8.81. The molecule has 3 rings (SSSR count). The Morgan fingerprint density at radius 3 is 2.62 bits per heavy atom. The van der Waals surface area contributed by atoms with Crippen LogP contribution < -0.4 is 5.32 Å². The predicted octanol–water partition coefficient (Wildman–Crippen LogP) is 2.22. The van der Waals surface area contributed by atoms with Crippen molar-refractivity contribution in [3.8, 4) is 5.82 Å². The molecule has 6 heteroatoms. The van der Waals surface area contributed by atoms with E-state index in [1.807, 2.05) is 23.8 Å². The maximum Gasteiger partial charge on any atom is 0.274 e. The van der Waals surface area contributed by atoms with Gasteiger partial charge in [-0.3, -0.25) is 14.3 Å². The number of amides is 1. The molecule has 0 saturated heterocycles. The van der Waals surface area contributed by atoms with Gasteiger partial charge in [0, 0.05) is 18.6 Å². The number of pyridine rings is 2. The summed E-state index contributed by atoms with van der Waals surface area (Å²) in [5.41, 5.74) is 0.985. The molecule has 0 bridgehead atoms. The third kappa shape index (κ3) is 2.79. The van der Waals surface area contributed by atoms with E-state index in [4.69, 9.17) is 0 Å². The first-order valence-electron chi connectivity index (χ1n) is 6.43. The second kappa shape index (κ2) is 5.54. The van der Waals surface area contributed by atoms with Crippen LogP contribution in [0, 0.1) is 6.92 Å².